The van der Waals surface area contributed by atoms with Gasteiger partial charge in [-0.05, 0) is 12.1 Å². The number of aldehydes is 1. The second kappa shape index (κ2) is 4.54. The Morgan fingerprint density at radius 1 is 1.40 bits per heavy atom. The van der Waals surface area contributed by atoms with E-state index in [1.54, 1.807) is 0 Å². The lowest BCUT2D eigenvalue weighted by Gasteiger charge is -2.08. The third kappa shape index (κ3) is 1.96. The monoisotopic (exact) mass is 212 g/mol. The van der Waals surface area contributed by atoms with Crippen LogP contribution in [0.15, 0.2) is 12.1 Å². The summed E-state index contributed by atoms with van der Waals surface area (Å²) >= 11 is 0. The van der Waals surface area contributed by atoms with Gasteiger partial charge in [0.2, 0.25) is 0 Å². The summed E-state index contributed by atoms with van der Waals surface area (Å²) in [6.45, 7) is 0. The Bertz CT molecular complexity index is 401. The summed E-state index contributed by atoms with van der Waals surface area (Å²) in [5.74, 6) is -1.87. The maximum atomic E-state index is 13.5. The number of esters is 1. The smallest absolute Gasteiger partial charge is 0.341 e. The third-order valence-electron chi connectivity index (χ3n) is 1.86. The molecule has 4 nitrogen and oxygen atoms in total. The number of hydrogen-bond acceptors (Lipinski definition) is 4. The van der Waals surface area contributed by atoms with Crippen LogP contribution in [0.25, 0.3) is 0 Å². The van der Waals surface area contributed by atoms with Gasteiger partial charge >= 0.3 is 5.97 Å². The lowest BCUT2D eigenvalue weighted by atomic mass is 10.1. The van der Waals surface area contributed by atoms with Crippen LogP contribution in [0.2, 0.25) is 0 Å². The van der Waals surface area contributed by atoms with E-state index in [1.807, 2.05) is 0 Å². The molecule has 0 aliphatic heterocycles. The van der Waals surface area contributed by atoms with E-state index in [0.29, 0.717) is 6.29 Å². The summed E-state index contributed by atoms with van der Waals surface area (Å²) in [7, 11) is 2.38. The molecule has 0 saturated heterocycles. The van der Waals surface area contributed by atoms with Gasteiger partial charge in [-0.3, -0.25) is 4.79 Å². The first-order valence-electron chi connectivity index (χ1n) is 4.05. The van der Waals surface area contributed by atoms with E-state index in [1.165, 1.54) is 26.4 Å². The lowest BCUT2D eigenvalue weighted by Crippen LogP contribution is -2.07. The number of rotatable bonds is 3. The van der Waals surface area contributed by atoms with Gasteiger partial charge in [0.25, 0.3) is 0 Å². The highest BCUT2D eigenvalue weighted by atomic mass is 19.1. The van der Waals surface area contributed by atoms with Gasteiger partial charge in [-0.2, -0.15) is 0 Å². The van der Waals surface area contributed by atoms with Gasteiger partial charge in [-0.15, -0.1) is 0 Å². The molecule has 15 heavy (non-hydrogen) atoms. The van der Waals surface area contributed by atoms with Crippen molar-refractivity contribution in [3.05, 3.63) is 29.1 Å². The van der Waals surface area contributed by atoms with Gasteiger partial charge < -0.3 is 9.47 Å². The first kappa shape index (κ1) is 11.2. The standard InChI is InChI=1S/C10H9FO4/c1-14-9-7(10(13)15-2)4-3-6(5-12)8(9)11/h3-5H,1-2H3. The molecule has 0 bridgehead atoms. The minimum absolute atomic E-state index is 0.0527. The van der Waals surface area contributed by atoms with Crippen molar-refractivity contribution in [3.63, 3.8) is 0 Å². The Hall–Kier alpha value is -1.91. The maximum Gasteiger partial charge on any atom is 0.341 e. The molecule has 1 aromatic rings. The molecule has 0 unspecified atom stereocenters. The number of hydrogen-bond donors (Lipinski definition) is 0. The van der Waals surface area contributed by atoms with Crippen molar-refractivity contribution in [3.8, 4) is 5.75 Å². The van der Waals surface area contributed by atoms with Gasteiger partial charge in [0.15, 0.2) is 17.9 Å². The molecule has 0 aliphatic carbocycles. The Morgan fingerprint density at radius 2 is 2.07 bits per heavy atom. The van der Waals surface area contributed by atoms with Gasteiger partial charge in [-0.25, -0.2) is 9.18 Å². The van der Waals surface area contributed by atoms with Crippen LogP contribution in [0.1, 0.15) is 20.7 Å². The molecule has 0 radical (unpaired) electrons. The molecule has 0 atom stereocenters. The number of ether oxygens (including phenoxy) is 2. The Balaban J connectivity index is 3.36. The van der Waals surface area contributed by atoms with E-state index in [-0.39, 0.29) is 16.9 Å². The van der Waals surface area contributed by atoms with Crippen LogP contribution in [0.5, 0.6) is 5.75 Å². The van der Waals surface area contributed by atoms with Gasteiger partial charge in [-0.1, -0.05) is 0 Å². The average Bonchev–Trinajstić information content (AvgIpc) is 2.27. The van der Waals surface area contributed by atoms with E-state index in [2.05, 4.69) is 4.74 Å². The minimum atomic E-state index is -0.865. The molecule has 0 amide bonds. The number of carbonyl (C=O) groups excluding carboxylic acids is 2. The van der Waals surface area contributed by atoms with Crippen molar-refractivity contribution >= 4 is 12.3 Å². The molecular weight excluding hydrogens is 203 g/mol. The average molecular weight is 212 g/mol. The molecule has 0 saturated carbocycles. The Kier molecular flexibility index (Phi) is 3.38. The minimum Gasteiger partial charge on any atom is -0.493 e. The predicted molar refractivity (Wildman–Crippen MR) is 49.7 cm³/mol. The zero-order chi connectivity index (χ0) is 11.4. The second-order valence-corrected chi connectivity index (χ2v) is 2.66. The normalized spacial score (nSPS) is 9.53. The number of halogens is 1. The van der Waals surface area contributed by atoms with Crippen LogP contribution in [-0.2, 0) is 4.74 Å². The summed E-state index contributed by atoms with van der Waals surface area (Å²) < 4.78 is 22.6. The second-order valence-electron chi connectivity index (χ2n) is 2.66. The summed E-state index contributed by atoms with van der Waals surface area (Å²) in [5, 5.41) is 0. The zero-order valence-corrected chi connectivity index (χ0v) is 8.24. The van der Waals surface area contributed by atoms with Crippen molar-refractivity contribution < 1.29 is 23.5 Å². The van der Waals surface area contributed by atoms with Crippen LogP contribution in [0.3, 0.4) is 0 Å². The van der Waals surface area contributed by atoms with E-state index < -0.39 is 11.8 Å². The van der Waals surface area contributed by atoms with Crippen LogP contribution < -0.4 is 4.74 Å². The Morgan fingerprint density at radius 3 is 2.53 bits per heavy atom. The number of benzene rings is 1. The van der Waals surface area contributed by atoms with Crippen LogP contribution in [0.4, 0.5) is 4.39 Å². The first-order valence-corrected chi connectivity index (χ1v) is 4.05. The third-order valence-corrected chi connectivity index (χ3v) is 1.86. The SMILES string of the molecule is COC(=O)c1ccc(C=O)c(F)c1OC. The molecule has 0 aromatic heterocycles. The summed E-state index contributed by atoms with van der Waals surface area (Å²) in [5.41, 5.74) is -0.220. The van der Waals surface area contributed by atoms with Gasteiger partial charge in [0.1, 0.15) is 5.56 Å². The summed E-state index contributed by atoms with van der Waals surface area (Å²) in [6, 6.07) is 2.47. The topological polar surface area (TPSA) is 52.6 Å². The van der Waals surface area contributed by atoms with Gasteiger partial charge in [0.05, 0.1) is 19.8 Å². The quantitative estimate of drug-likeness (QED) is 0.561. The Labute approximate surface area is 85.6 Å². The molecule has 0 aliphatic rings. The molecule has 0 heterocycles. The van der Waals surface area contributed by atoms with E-state index in [4.69, 9.17) is 4.74 Å². The molecule has 5 heteroatoms. The number of methoxy groups -OCH3 is 2. The number of carbonyl (C=O) groups is 2. The molecule has 0 fully saturated rings. The first-order chi connectivity index (χ1) is 7.15. The van der Waals surface area contributed by atoms with Crippen molar-refractivity contribution in [2.24, 2.45) is 0 Å². The van der Waals surface area contributed by atoms with E-state index in [0.717, 1.165) is 0 Å². The fourth-order valence-electron chi connectivity index (χ4n) is 1.13. The molecule has 80 valence electrons. The largest absolute Gasteiger partial charge is 0.493 e. The summed E-state index contributed by atoms with van der Waals surface area (Å²) in [4.78, 5) is 21.6. The predicted octanol–water partition coefficient (Wildman–Crippen LogP) is 1.43. The van der Waals surface area contributed by atoms with Crippen molar-refractivity contribution in [1.82, 2.24) is 0 Å². The maximum absolute atomic E-state index is 13.5. The molecular formula is C10H9FO4. The van der Waals surface area contributed by atoms with E-state index in [9.17, 15) is 14.0 Å². The fraction of sp³-hybridized carbons (Fsp3) is 0.200. The lowest BCUT2D eigenvalue weighted by molar-refractivity contribution is 0.0595. The zero-order valence-electron chi connectivity index (χ0n) is 8.24. The van der Waals surface area contributed by atoms with Gasteiger partial charge in [0, 0.05) is 0 Å². The van der Waals surface area contributed by atoms with E-state index >= 15 is 0 Å². The van der Waals surface area contributed by atoms with Crippen LogP contribution in [-0.4, -0.2) is 26.5 Å². The highest BCUT2D eigenvalue weighted by Gasteiger charge is 2.19. The molecule has 1 rings (SSSR count). The highest BCUT2D eigenvalue weighted by Crippen LogP contribution is 2.25. The van der Waals surface area contributed by atoms with Crippen LogP contribution >= 0.6 is 0 Å². The highest BCUT2D eigenvalue weighted by molar-refractivity contribution is 5.93. The van der Waals surface area contributed by atoms with Crippen molar-refractivity contribution in [1.29, 1.82) is 0 Å². The molecule has 0 spiro atoms. The van der Waals surface area contributed by atoms with Crippen molar-refractivity contribution in [2.75, 3.05) is 14.2 Å². The fourth-order valence-corrected chi connectivity index (χ4v) is 1.13. The molecule has 1 aromatic carbocycles. The summed E-state index contributed by atoms with van der Waals surface area (Å²) in [6.07, 6.45) is 0.346. The van der Waals surface area contributed by atoms with Crippen molar-refractivity contribution in [2.45, 2.75) is 0 Å². The van der Waals surface area contributed by atoms with Crippen LogP contribution in [0, 0.1) is 5.82 Å². The molecule has 0 N–H and O–H groups in total.